The Hall–Kier alpha value is -3.00. The number of carbonyl (C=O) groups excluding carboxylic acids is 1. The number of benzene rings is 2. The summed E-state index contributed by atoms with van der Waals surface area (Å²) < 4.78 is 15.4. The molecule has 0 bridgehead atoms. The minimum Gasteiger partial charge on any atom is -0.351 e. The Bertz CT molecular complexity index is 1130. The number of fused-ring (bicyclic) bond motifs is 3. The van der Waals surface area contributed by atoms with E-state index in [1.807, 2.05) is 41.9 Å². The van der Waals surface area contributed by atoms with E-state index in [1.165, 1.54) is 23.9 Å². The Morgan fingerprint density at radius 3 is 2.81 bits per heavy atom. The van der Waals surface area contributed by atoms with Gasteiger partial charge in [0, 0.05) is 19.0 Å². The first-order chi connectivity index (χ1) is 13.1. The van der Waals surface area contributed by atoms with Crippen molar-refractivity contribution in [2.45, 2.75) is 11.7 Å². The summed E-state index contributed by atoms with van der Waals surface area (Å²) in [4.78, 5) is 16.5. The second-order valence-corrected chi connectivity index (χ2v) is 6.98. The van der Waals surface area contributed by atoms with Gasteiger partial charge in [-0.25, -0.2) is 9.37 Å². The number of carbonyl (C=O) groups is 1. The third kappa shape index (κ3) is 3.61. The van der Waals surface area contributed by atoms with E-state index in [0.717, 1.165) is 11.1 Å². The lowest BCUT2D eigenvalue weighted by atomic mass is 10.2. The second-order valence-electron chi connectivity index (χ2n) is 6.04. The summed E-state index contributed by atoms with van der Waals surface area (Å²) in [5.74, 6) is -0.240. The molecule has 0 saturated carbocycles. The Morgan fingerprint density at radius 2 is 2.00 bits per heavy atom. The van der Waals surface area contributed by atoms with E-state index in [4.69, 9.17) is 0 Å². The topological polar surface area (TPSA) is 72.7 Å². The fourth-order valence-corrected chi connectivity index (χ4v) is 3.47. The lowest BCUT2D eigenvalue weighted by Crippen LogP contribution is -2.24. The number of hydrogen-bond acceptors (Lipinski definition) is 5. The standard InChI is InChI=1S/C19H16FN5OS/c1-25-15-8-7-13(20)9-14(15)17-18(25)22-19(24-23-17)27-11-16(26)21-10-12-5-3-2-4-6-12/h2-9H,10-11H2,1H3,(H,21,26). The van der Waals surface area contributed by atoms with E-state index in [0.29, 0.717) is 28.3 Å². The van der Waals surface area contributed by atoms with Crippen molar-refractivity contribution >= 4 is 39.7 Å². The molecule has 27 heavy (non-hydrogen) atoms. The van der Waals surface area contributed by atoms with Gasteiger partial charge in [0.25, 0.3) is 0 Å². The van der Waals surface area contributed by atoms with Crippen molar-refractivity contribution < 1.29 is 9.18 Å². The maximum Gasteiger partial charge on any atom is 0.230 e. The molecule has 8 heteroatoms. The van der Waals surface area contributed by atoms with Gasteiger partial charge in [0.2, 0.25) is 11.1 Å². The van der Waals surface area contributed by atoms with Crippen LogP contribution in [0.4, 0.5) is 4.39 Å². The molecule has 2 heterocycles. The lowest BCUT2D eigenvalue weighted by molar-refractivity contribution is -0.118. The van der Waals surface area contributed by atoms with Crippen molar-refractivity contribution in [3.63, 3.8) is 0 Å². The van der Waals surface area contributed by atoms with Gasteiger partial charge in [0.1, 0.15) is 11.3 Å². The molecule has 0 radical (unpaired) electrons. The fraction of sp³-hybridized carbons (Fsp3) is 0.158. The first kappa shape index (κ1) is 17.4. The smallest absolute Gasteiger partial charge is 0.230 e. The highest BCUT2D eigenvalue weighted by Gasteiger charge is 2.14. The number of nitrogens with one attached hydrogen (secondary N) is 1. The van der Waals surface area contributed by atoms with Crippen molar-refractivity contribution in [3.05, 3.63) is 59.9 Å². The van der Waals surface area contributed by atoms with Crippen LogP contribution in [0.1, 0.15) is 5.56 Å². The molecule has 0 spiro atoms. The van der Waals surface area contributed by atoms with Crippen molar-refractivity contribution in [3.8, 4) is 0 Å². The minimum atomic E-state index is -0.328. The van der Waals surface area contributed by atoms with E-state index < -0.39 is 0 Å². The monoisotopic (exact) mass is 381 g/mol. The second kappa shape index (κ2) is 7.32. The number of aromatic nitrogens is 4. The molecule has 0 aliphatic heterocycles. The highest BCUT2D eigenvalue weighted by Crippen LogP contribution is 2.26. The highest BCUT2D eigenvalue weighted by atomic mass is 32.2. The minimum absolute atomic E-state index is 0.105. The first-order valence-corrected chi connectivity index (χ1v) is 9.32. The number of amides is 1. The molecule has 0 aliphatic carbocycles. The molecular formula is C19H16FN5OS. The molecule has 0 unspecified atom stereocenters. The molecule has 0 atom stereocenters. The van der Waals surface area contributed by atoms with Crippen LogP contribution in [0.2, 0.25) is 0 Å². The number of hydrogen-bond donors (Lipinski definition) is 1. The molecule has 1 N–H and O–H groups in total. The summed E-state index contributed by atoms with van der Waals surface area (Å²) >= 11 is 1.22. The van der Waals surface area contributed by atoms with Gasteiger partial charge >= 0.3 is 0 Å². The van der Waals surface area contributed by atoms with Gasteiger partial charge in [-0.3, -0.25) is 4.79 Å². The molecule has 2 aromatic carbocycles. The molecule has 136 valence electrons. The Kier molecular flexibility index (Phi) is 4.72. The predicted octanol–water partition coefficient (Wildman–Crippen LogP) is 3.06. The van der Waals surface area contributed by atoms with Gasteiger partial charge < -0.3 is 9.88 Å². The average molecular weight is 381 g/mol. The summed E-state index contributed by atoms with van der Waals surface area (Å²) in [6, 6.07) is 14.2. The van der Waals surface area contributed by atoms with Gasteiger partial charge in [0.15, 0.2) is 5.65 Å². The van der Waals surface area contributed by atoms with Crippen LogP contribution in [-0.2, 0) is 18.4 Å². The summed E-state index contributed by atoms with van der Waals surface area (Å²) in [6.07, 6.45) is 0. The summed E-state index contributed by atoms with van der Waals surface area (Å²) in [5, 5.41) is 12.2. The van der Waals surface area contributed by atoms with E-state index in [2.05, 4.69) is 20.5 Å². The van der Waals surface area contributed by atoms with Gasteiger partial charge in [-0.2, -0.15) is 0 Å². The van der Waals surface area contributed by atoms with Gasteiger partial charge in [0.05, 0.1) is 11.3 Å². The molecule has 4 aromatic rings. The number of thioether (sulfide) groups is 1. The maximum atomic E-state index is 13.5. The Morgan fingerprint density at radius 1 is 1.19 bits per heavy atom. The summed E-state index contributed by atoms with van der Waals surface area (Å²) in [7, 11) is 1.85. The maximum absolute atomic E-state index is 13.5. The molecule has 4 rings (SSSR count). The van der Waals surface area contributed by atoms with Crippen LogP contribution in [0.3, 0.4) is 0 Å². The van der Waals surface area contributed by atoms with Crippen LogP contribution in [0, 0.1) is 5.82 Å². The van der Waals surface area contributed by atoms with Crippen LogP contribution >= 0.6 is 11.8 Å². The average Bonchev–Trinajstić information content (AvgIpc) is 2.97. The molecular weight excluding hydrogens is 365 g/mol. The zero-order chi connectivity index (χ0) is 18.8. The SMILES string of the molecule is Cn1c2ccc(F)cc2c2nnc(SCC(=O)NCc3ccccc3)nc21. The van der Waals surface area contributed by atoms with Crippen LogP contribution in [0.15, 0.2) is 53.7 Å². The van der Waals surface area contributed by atoms with Crippen molar-refractivity contribution in [1.29, 1.82) is 0 Å². The number of halogens is 1. The normalized spacial score (nSPS) is 11.2. The lowest BCUT2D eigenvalue weighted by Gasteiger charge is -2.04. The molecule has 0 fully saturated rings. The Labute approximate surface area is 158 Å². The fourth-order valence-electron chi connectivity index (χ4n) is 2.85. The predicted molar refractivity (Wildman–Crippen MR) is 103 cm³/mol. The van der Waals surface area contributed by atoms with Crippen LogP contribution < -0.4 is 5.32 Å². The van der Waals surface area contributed by atoms with E-state index in [1.54, 1.807) is 6.07 Å². The third-order valence-corrected chi connectivity index (χ3v) is 5.04. The van der Waals surface area contributed by atoms with Gasteiger partial charge in [-0.15, -0.1) is 10.2 Å². The molecule has 0 aliphatic rings. The van der Waals surface area contributed by atoms with E-state index in [9.17, 15) is 9.18 Å². The molecule has 0 saturated heterocycles. The van der Waals surface area contributed by atoms with E-state index in [-0.39, 0.29) is 17.5 Å². The number of aryl methyl sites for hydroxylation is 1. The van der Waals surface area contributed by atoms with Gasteiger partial charge in [-0.05, 0) is 23.8 Å². The van der Waals surface area contributed by atoms with Crippen molar-refractivity contribution in [1.82, 2.24) is 25.1 Å². The Balaban J connectivity index is 1.47. The molecule has 2 aromatic heterocycles. The third-order valence-electron chi connectivity index (χ3n) is 4.21. The van der Waals surface area contributed by atoms with Crippen LogP contribution in [0.25, 0.3) is 22.1 Å². The first-order valence-electron chi connectivity index (χ1n) is 8.33. The molecule has 6 nitrogen and oxygen atoms in total. The van der Waals surface area contributed by atoms with Crippen LogP contribution in [0.5, 0.6) is 0 Å². The quantitative estimate of drug-likeness (QED) is 0.538. The van der Waals surface area contributed by atoms with E-state index >= 15 is 0 Å². The number of nitrogens with zero attached hydrogens (tertiary/aromatic N) is 4. The number of rotatable bonds is 5. The van der Waals surface area contributed by atoms with Crippen molar-refractivity contribution in [2.75, 3.05) is 5.75 Å². The largest absolute Gasteiger partial charge is 0.351 e. The zero-order valence-corrected chi connectivity index (χ0v) is 15.3. The van der Waals surface area contributed by atoms with Gasteiger partial charge in [-0.1, -0.05) is 42.1 Å². The summed E-state index contributed by atoms with van der Waals surface area (Å²) in [6.45, 7) is 0.479. The van der Waals surface area contributed by atoms with Crippen LogP contribution in [-0.4, -0.2) is 31.4 Å². The highest BCUT2D eigenvalue weighted by molar-refractivity contribution is 7.99. The van der Waals surface area contributed by atoms with Crippen molar-refractivity contribution in [2.24, 2.45) is 7.05 Å². The summed E-state index contributed by atoms with van der Waals surface area (Å²) in [5.41, 5.74) is 3.02. The molecule has 1 amide bonds. The zero-order valence-electron chi connectivity index (χ0n) is 14.5.